The van der Waals surface area contributed by atoms with E-state index in [0.717, 1.165) is 15.1 Å². The van der Waals surface area contributed by atoms with Crippen LogP contribution in [0.25, 0.3) is 10.2 Å². The zero-order valence-corrected chi connectivity index (χ0v) is 10.5. The summed E-state index contributed by atoms with van der Waals surface area (Å²) in [5.74, 6) is -0.158. The predicted octanol–water partition coefficient (Wildman–Crippen LogP) is 1.91. The first kappa shape index (κ1) is 11.8. The van der Waals surface area contributed by atoms with E-state index in [9.17, 15) is 4.79 Å². The molecule has 0 amide bonds. The van der Waals surface area contributed by atoms with Crippen molar-refractivity contribution in [3.63, 3.8) is 0 Å². The van der Waals surface area contributed by atoms with Gasteiger partial charge < -0.3 is 10.0 Å². The van der Waals surface area contributed by atoms with Crippen LogP contribution in [-0.2, 0) is 4.79 Å². The lowest BCUT2D eigenvalue weighted by Crippen LogP contribution is -2.30. The highest BCUT2D eigenvalue weighted by atomic mass is 32.1. The van der Waals surface area contributed by atoms with Gasteiger partial charge in [0.05, 0.1) is 5.39 Å². The number of nitrogens with zero attached hydrogens (tertiary/aromatic N) is 3. The Morgan fingerprint density at radius 1 is 1.53 bits per heavy atom. The van der Waals surface area contributed by atoms with E-state index in [2.05, 4.69) is 9.97 Å². The summed E-state index contributed by atoms with van der Waals surface area (Å²) in [5.41, 5.74) is 0. The zero-order chi connectivity index (χ0) is 12.4. The number of fused-ring (bicyclic) bond motifs is 1. The van der Waals surface area contributed by atoms with Crippen LogP contribution < -0.4 is 4.90 Å². The molecule has 0 radical (unpaired) electrons. The van der Waals surface area contributed by atoms with Gasteiger partial charge in [0, 0.05) is 11.4 Å². The largest absolute Gasteiger partial charge is 0.480 e. The number of carboxylic acid groups (broad SMARTS) is 1. The molecule has 2 heterocycles. The second kappa shape index (κ2) is 4.67. The molecule has 5 nitrogen and oxygen atoms in total. The molecule has 6 heteroatoms. The van der Waals surface area contributed by atoms with Crippen LogP contribution in [0.4, 0.5) is 5.82 Å². The Kier molecular flexibility index (Phi) is 3.23. The smallest absolute Gasteiger partial charge is 0.323 e. The molecule has 2 rings (SSSR count). The van der Waals surface area contributed by atoms with E-state index in [1.165, 1.54) is 6.33 Å². The van der Waals surface area contributed by atoms with Crippen molar-refractivity contribution in [1.29, 1.82) is 0 Å². The van der Waals surface area contributed by atoms with Gasteiger partial charge in [0.1, 0.15) is 23.5 Å². The molecule has 0 saturated carbocycles. The van der Waals surface area contributed by atoms with E-state index in [-0.39, 0.29) is 6.54 Å². The van der Waals surface area contributed by atoms with Gasteiger partial charge in [-0.1, -0.05) is 0 Å². The van der Waals surface area contributed by atoms with Gasteiger partial charge in [-0.25, -0.2) is 9.97 Å². The van der Waals surface area contributed by atoms with E-state index in [1.807, 2.05) is 19.9 Å². The highest BCUT2D eigenvalue weighted by Gasteiger charge is 2.14. The molecule has 90 valence electrons. The van der Waals surface area contributed by atoms with Gasteiger partial charge in [-0.2, -0.15) is 0 Å². The number of aryl methyl sites for hydroxylation is 1. The van der Waals surface area contributed by atoms with E-state index in [1.54, 1.807) is 16.2 Å². The third-order valence-corrected chi connectivity index (χ3v) is 3.40. The average Bonchev–Trinajstić information content (AvgIpc) is 2.65. The first-order chi connectivity index (χ1) is 8.11. The van der Waals surface area contributed by atoms with E-state index in [4.69, 9.17) is 5.11 Å². The number of hydrogen-bond donors (Lipinski definition) is 1. The highest BCUT2D eigenvalue weighted by molar-refractivity contribution is 7.18. The number of anilines is 1. The molecule has 2 aromatic heterocycles. The van der Waals surface area contributed by atoms with Crippen molar-refractivity contribution >= 4 is 33.3 Å². The summed E-state index contributed by atoms with van der Waals surface area (Å²) in [6.45, 7) is 4.48. The molecule has 0 fully saturated rings. The molecule has 0 atom stereocenters. The first-order valence-corrected chi connectivity index (χ1v) is 6.11. The molecule has 2 aromatic rings. The summed E-state index contributed by atoms with van der Waals surface area (Å²) in [7, 11) is 0. The standard InChI is InChI=1S/C11H13N3O2S/c1-3-14(5-9(15)16)10-8-4-7(2)17-11(8)13-6-12-10/h4,6H,3,5H2,1-2H3,(H,15,16). The molecule has 17 heavy (non-hydrogen) atoms. The first-order valence-electron chi connectivity index (χ1n) is 5.29. The molecule has 0 aliphatic carbocycles. The van der Waals surface area contributed by atoms with Crippen LogP contribution in [0.3, 0.4) is 0 Å². The lowest BCUT2D eigenvalue weighted by atomic mass is 10.3. The summed E-state index contributed by atoms with van der Waals surface area (Å²) in [6, 6.07) is 2.00. The number of hydrogen-bond acceptors (Lipinski definition) is 5. The van der Waals surface area contributed by atoms with Gasteiger partial charge in [-0.3, -0.25) is 4.79 Å². The van der Waals surface area contributed by atoms with Crippen molar-refractivity contribution in [2.24, 2.45) is 0 Å². The second-order valence-corrected chi connectivity index (χ2v) is 4.92. The van der Waals surface area contributed by atoms with Crippen LogP contribution in [-0.4, -0.2) is 34.1 Å². The number of thiophene rings is 1. The SMILES string of the molecule is CCN(CC(=O)O)c1ncnc2sc(C)cc12. The Labute approximate surface area is 103 Å². The molecule has 0 unspecified atom stereocenters. The van der Waals surface area contributed by atoms with Crippen molar-refractivity contribution in [2.45, 2.75) is 13.8 Å². The van der Waals surface area contributed by atoms with Crippen LogP contribution >= 0.6 is 11.3 Å². The topological polar surface area (TPSA) is 66.3 Å². The molecule has 0 bridgehead atoms. The fraction of sp³-hybridized carbons (Fsp3) is 0.364. The van der Waals surface area contributed by atoms with Gasteiger partial charge in [-0.15, -0.1) is 11.3 Å². The molecule has 1 N–H and O–H groups in total. The highest BCUT2D eigenvalue weighted by Crippen LogP contribution is 2.29. The maximum absolute atomic E-state index is 10.8. The number of aromatic nitrogens is 2. The van der Waals surface area contributed by atoms with Crippen LogP contribution in [0.5, 0.6) is 0 Å². The second-order valence-electron chi connectivity index (χ2n) is 3.68. The maximum Gasteiger partial charge on any atom is 0.323 e. The van der Waals surface area contributed by atoms with Crippen LogP contribution in [0, 0.1) is 6.92 Å². The number of rotatable bonds is 4. The maximum atomic E-state index is 10.8. The Balaban J connectivity index is 2.48. The lowest BCUT2D eigenvalue weighted by molar-refractivity contribution is -0.135. The summed E-state index contributed by atoms with van der Waals surface area (Å²) < 4.78 is 0. The van der Waals surface area contributed by atoms with Gasteiger partial charge >= 0.3 is 5.97 Å². The fourth-order valence-electron chi connectivity index (χ4n) is 1.72. The van der Waals surface area contributed by atoms with Crippen LogP contribution in [0.15, 0.2) is 12.4 Å². The van der Waals surface area contributed by atoms with Gasteiger partial charge in [0.25, 0.3) is 0 Å². The van der Waals surface area contributed by atoms with Crippen LogP contribution in [0.2, 0.25) is 0 Å². The van der Waals surface area contributed by atoms with E-state index >= 15 is 0 Å². The third-order valence-electron chi connectivity index (χ3n) is 2.44. The minimum atomic E-state index is -0.856. The summed E-state index contributed by atoms with van der Waals surface area (Å²) >= 11 is 1.59. The van der Waals surface area contributed by atoms with Gasteiger partial charge in [0.2, 0.25) is 0 Å². The normalized spacial score (nSPS) is 10.7. The molecule has 0 saturated heterocycles. The van der Waals surface area contributed by atoms with Crippen LogP contribution in [0.1, 0.15) is 11.8 Å². The summed E-state index contributed by atoms with van der Waals surface area (Å²) in [4.78, 5) is 23.0. The Bertz CT molecular complexity index is 553. The minimum absolute atomic E-state index is 0.0441. The number of likely N-dealkylation sites (N-methyl/N-ethyl adjacent to an activating group) is 1. The summed E-state index contributed by atoms with van der Waals surface area (Å²) in [5, 5.41) is 9.80. The third kappa shape index (κ3) is 2.36. The van der Waals surface area contributed by atoms with E-state index < -0.39 is 5.97 Å². The number of aliphatic carboxylic acids is 1. The predicted molar refractivity (Wildman–Crippen MR) is 67.7 cm³/mol. The zero-order valence-electron chi connectivity index (χ0n) is 9.67. The minimum Gasteiger partial charge on any atom is -0.480 e. The quantitative estimate of drug-likeness (QED) is 0.899. The molecule has 0 aliphatic heterocycles. The fourth-order valence-corrected chi connectivity index (χ4v) is 2.56. The molecule has 0 spiro atoms. The number of carbonyl (C=O) groups is 1. The van der Waals surface area contributed by atoms with Gasteiger partial charge in [0.15, 0.2) is 0 Å². The Hall–Kier alpha value is -1.69. The molecule has 0 aliphatic rings. The van der Waals surface area contributed by atoms with Crippen molar-refractivity contribution in [3.8, 4) is 0 Å². The van der Waals surface area contributed by atoms with Gasteiger partial charge in [-0.05, 0) is 19.9 Å². The van der Waals surface area contributed by atoms with Crippen molar-refractivity contribution in [3.05, 3.63) is 17.3 Å². The summed E-state index contributed by atoms with van der Waals surface area (Å²) in [6.07, 6.45) is 1.48. The Morgan fingerprint density at radius 2 is 2.29 bits per heavy atom. The number of carboxylic acids is 1. The Morgan fingerprint density at radius 3 is 2.94 bits per heavy atom. The average molecular weight is 251 g/mol. The monoisotopic (exact) mass is 251 g/mol. The molecular formula is C11H13N3O2S. The van der Waals surface area contributed by atoms with Crippen molar-refractivity contribution < 1.29 is 9.90 Å². The van der Waals surface area contributed by atoms with Crippen molar-refractivity contribution in [1.82, 2.24) is 9.97 Å². The lowest BCUT2D eigenvalue weighted by Gasteiger charge is -2.19. The molecular weight excluding hydrogens is 238 g/mol. The van der Waals surface area contributed by atoms with Crippen molar-refractivity contribution in [2.75, 3.05) is 18.0 Å². The molecule has 0 aromatic carbocycles. The van der Waals surface area contributed by atoms with E-state index in [0.29, 0.717) is 12.4 Å².